The van der Waals surface area contributed by atoms with Crippen molar-refractivity contribution in [3.8, 4) is 5.69 Å². The fraction of sp³-hybridized carbons (Fsp3) is 0.300. The van der Waals surface area contributed by atoms with Gasteiger partial charge in [-0.25, -0.2) is 0 Å². The van der Waals surface area contributed by atoms with Crippen LogP contribution in [0.3, 0.4) is 0 Å². The first-order valence-electron chi connectivity index (χ1n) is 9.10. The molecule has 1 N–H and O–H groups in total. The third-order valence-corrected chi connectivity index (χ3v) is 5.22. The second-order valence-electron chi connectivity index (χ2n) is 6.20. The van der Waals surface area contributed by atoms with Gasteiger partial charge in [0.2, 0.25) is 0 Å². The van der Waals surface area contributed by atoms with E-state index < -0.39 is 5.56 Å². The summed E-state index contributed by atoms with van der Waals surface area (Å²) in [4.78, 5) is 14.9. The van der Waals surface area contributed by atoms with E-state index in [0.29, 0.717) is 22.9 Å². The molecule has 0 saturated heterocycles. The lowest BCUT2D eigenvalue weighted by Gasteiger charge is -2.28. The molecule has 0 bridgehead atoms. The lowest BCUT2D eigenvalue weighted by atomic mass is 10.2. The third-order valence-electron chi connectivity index (χ3n) is 4.60. The van der Waals surface area contributed by atoms with Crippen molar-refractivity contribution >= 4 is 28.9 Å². The number of nitrogens with zero attached hydrogens (tertiary/aromatic N) is 3. The summed E-state index contributed by atoms with van der Waals surface area (Å²) < 4.78 is 6.85. The van der Waals surface area contributed by atoms with Crippen LogP contribution in [0.4, 0.5) is 5.69 Å². The summed E-state index contributed by atoms with van der Waals surface area (Å²) in [5.41, 5.74) is 0.687. The van der Waals surface area contributed by atoms with E-state index in [0.717, 1.165) is 18.8 Å². The average Bonchev–Trinajstić information content (AvgIpc) is 3.23. The zero-order valence-corrected chi connectivity index (χ0v) is 17.2. The van der Waals surface area contributed by atoms with Crippen LogP contribution in [0.25, 0.3) is 5.69 Å². The van der Waals surface area contributed by atoms with Gasteiger partial charge in [-0.1, -0.05) is 37.0 Å². The molecule has 3 rings (SSSR count). The van der Waals surface area contributed by atoms with E-state index in [1.807, 2.05) is 12.1 Å². The maximum atomic E-state index is 12.7. The Labute approximate surface area is 173 Å². The maximum absolute atomic E-state index is 12.7. The first-order valence-corrected chi connectivity index (χ1v) is 9.85. The average molecular weight is 421 g/mol. The highest BCUT2D eigenvalue weighted by atomic mass is 35.5. The smallest absolute Gasteiger partial charge is 0.292 e. The SMILES string of the molecule is CCN(CC)C(CNc1cnn(-c2ccc(Cl)cc2)c(=O)c1Cl)c1ccco1. The molecular formula is C20H22Cl2N4O2. The van der Waals surface area contributed by atoms with Crippen LogP contribution in [0.5, 0.6) is 0 Å². The minimum absolute atomic E-state index is 0.0137. The van der Waals surface area contributed by atoms with Crippen LogP contribution in [0.15, 0.2) is 58.1 Å². The lowest BCUT2D eigenvalue weighted by Crippen LogP contribution is -2.33. The summed E-state index contributed by atoms with van der Waals surface area (Å²) in [5.74, 6) is 0.856. The van der Waals surface area contributed by atoms with Crippen LogP contribution in [-0.4, -0.2) is 34.3 Å². The van der Waals surface area contributed by atoms with Gasteiger partial charge in [0.05, 0.1) is 29.9 Å². The van der Waals surface area contributed by atoms with Gasteiger partial charge in [-0.3, -0.25) is 9.69 Å². The molecule has 6 nitrogen and oxygen atoms in total. The molecule has 0 fully saturated rings. The van der Waals surface area contributed by atoms with Gasteiger partial charge in [0.1, 0.15) is 10.8 Å². The van der Waals surface area contributed by atoms with E-state index >= 15 is 0 Å². The fourth-order valence-electron chi connectivity index (χ4n) is 3.08. The van der Waals surface area contributed by atoms with Gasteiger partial charge in [-0.15, -0.1) is 0 Å². The Morgan fingerprint density at radius 3 is 2.50 bits per heavy atom. The minimum atomic E-state index is -0.397. The van der Waals surface area contributed by atoms with E-state index in [1.54, 1.807) is 36.7 Å². The zero-order valence-electron chi connectivity index (χ0n) is 15.7. The molecule has 0 spiro atoms. The van der Waals surface area contributed by atoms with Crippen LogP contribution < -0.4 is 10.9 Å². The van der Waals surface area contributed by atoms with Crippen LogP contribution in [-0.2, 0) is 0 Å². The van der Waals surface area contributed by atoms with Crippen molar-refractivity contribution < 1.29 is 4.42 Å². The Bertz CT molecular complexity index is 951. The highest BCUT2D eigenvalue weighted by molar-refractivity contribution is 6.33. The largest absolute Gasteiger partial charge is 0.468 e. The van der Waals surface area contributed by atoms with E-state index in [1.165, 1.54) is 4.68 Å². The number of aromatic nitrogens is 2. The molecule has 0 aliphatic rings. The fourth-order valence-corrected chi connectivity index (χ4v) is 3.41. The third kappa shape index (κ3) is 4.41. The summed E-state index contributed by atoms with van der Waals surface area (Å²) in [5, 5.41) is 8.16. The van der Waals surface area contributed by atoms with E-state index in [-0.39, 0.29) is 11.1 Å². The highest BCUT2D eigenvalue weighted by Crippen LogP contribution is 2.24. The molecule has 0 aliphatic carbocycles. The number of furan rings is 1. The molecule has 8 heteroatoms. The Morgan fingerprint density at radius 1 is 1.18 bits per heavy atom. The molecule has 1 aromatic carbocycles. The van der Waals surface area contributed by atoms with Gasteiger partial charge in [-0.05, 0) is 49.5 Å². The monoisotopic (exact) mass is 420 g/mol. The van der Waals surface area contributed by atoms with Crippen molar-refractivity contribution in [2.24, 2.45) is 0 Å². The van der Waals surface area contributed by atoms with Crippen molar-refractivity contribution in [1.29, 1.82) is 0 Å². The molecule has 0 aliphatic heterocycles. The van der Waals surface area contributed by atoms with Crippen LogP contribution in [0, 0.1) is 0 Å². The van der Waals surface area contributed by atoms with Crippen molar-refractivity contribution in [3.63, 3.8) is 0 Å². The predicted octanol–water partition coefficient (Wildman–Crippen LogP) is 4.63. The number of rotatable bonds is 8. The molecule has 1 atom stereocenters. The molecule has 0 amide bonds. The number of anilines is 1. The highest BCUT2D eigenvalue weighted by Gasteiger charge is 2.21. The number of likely N-dealkylation sites (N-methyl/N-ethyl adjacent to an activating group) is 1. The van der Waals surface area contributed by atoms with E-state index in [2.05, 4.69) is 29.2 Å². The van der Waals surface area contributed by atoms with Crippen molar-refractivity contribution in [2.75, 3.05) is 25.0 Å². The Morgan fingerprint density at radius 2 is 1.89 bits per heavy atom. The van der Waals surface area contributed by atoms with Crippen LogP contribution in [0.2, 0.25) is 10.0 Å². The topological polar surface area (TPSA) is 63.3 Å². The number of benzene rings is 1. The predicted molar refractivity (Wildman–Crippen MR) is 113 cm³/mol. The van der Waals surface area contributed by atoms with Crippen molar-refractivity contribution in [1.82, 2.24) is 14.7 Å². The van der Waals surface area contributed by atoms with E-state index in [4.69, 9.17) is 27.6 Å². The van der Waals surface area contributed by atoms with Crippen LogP contribution >= 0.6 is 23.2 Å². The zero-order chi connectivity index (χ0) is 20.1. The summed E-state index contributed by atoms with van der Waals surface area (Å²) in [6.45, 7) is 6.46. The van der Waals surface area contributed by atoms with Gasteiger partial charge < -0.3 is 9.73 Å². The molecule has 28 heavy (non-hydrogen) atoms. The summed E-state index contributed by atoms with van der Waals surface area (Å²) in [6, 6.07) is 10.7. The maximum Gasteiger partial charge on any atom is 0.292 e. The quantitative estimate of drug-likeness (QED) is 0.575. The Kier molecular flexibility index (Phi) is 6.78. The second kappa shape index (κ2) is 9.28. The van der Waals surface area contributed by atoms with Gasteiger partial charge in [-0.2, -0.15) is 9.78 Å². The summed E-state index contributed by atoms with van der Waals surface area (Å²) in [7, 11) is 0. The molecule has 2 heterocycles. The second-order valence-corrected chi connectivity index (χ2v) is 7.01. The molecule has 0 saturated carbocycles. The number of nitrogens with one attached hydrogen (secondary N) is 1. The standard InChI is InChI=1S/C20H22Cl2N4O2/c1-3-25(4-2)17(18-6-5-11-28-18)13-23-16-12-24-26(20(27)19(16)22)15-9-7-14(21)8-10-15/h5-12,17,23H,3-4,13H2,1-2H3. The van der Waals surface area contributed by atoms with Gasteiger partial charge in [0.25, 0.3) is 5.56 Å². The van der Waals surface area contributed by atoms with Crippen LogP contribution in [0.1, 0.15) is 25.6 Å². The Balaban J connectivity index is 1.83. The molecule has 0 radical (unpaired) electrons. The lowest BCUT2D eigenvalue weighted by molar-refractivity contribution is 0.202. The number of hydrogen-bond donors (Lipinski definition) is 1. The van der Waals surface area contributed by atoms with Crippen molar-refractivity contribution in [2.45, 2.75) is 19.9 Å². The van der Waals surface area contributed by atoms with E-state index in [9.17, 15) is 4.79 Å². The molecule has 1 unspecified atom stereocenters. The van der Waals surface area contributed by atoms with Crippen molar-refractivity contribution in [3.05, 3.63) is 75.0 Å². The molecule has 148 valence electrons. The summed E-state index contributed by atoms with van der Waals surface area (Å²) >= 11 is 12.2. The molecule has 2 aromatic heterocycles. The summed E-state index contributed by atoms with van der Waals surface area (Å²) in [6.07, 6.45) is 3.22. The number of halogens is 2. The number of hydrogen-bond acceptors (Lipinski definition) is 5. The van der Waals surface area contributed by atoms with Gasteiger partial charge in [0, 0.05) is 11.6 Å². The molecule has 3 aromatic rings. The normalized spacial score (nSPS) is 12.3. The molecular weight excluding hydrogens is 399 g/mol. The first kappa shape index (κ1) is 20.5. The first-order chi connectivity index (χ1) is 13.5. The van der Waals surface area contributed by atoms with Gasteiger partial charge >= 0.3 is 0 Å². The minimum Gasteiger partial charge on any atom is -0.468 e. The van der Waals surface area contributed by atoms with Gasteiger partial charge in [0.15, 0.2) is 0 Å². The Hall–Kier alpha value is -2.28.